The van der Waals surface area contributed by atoms with Crippen LogP contribution in [-0.2, 0) is 17.8 Å². The predicted molar refractivity (Wildman–Crippen MR) is 96.1 cm³/mol. The van der Waals surface area contributed by atoms with E-state index in [1.165, 1.54) is 12.1 Å². The molecule has 0 radical (unpaired) electrons. The lowest BCUT2D eigenvalue weighted by molar-refractivity contribution is -0.118. The summed E-state index contributed by atoms with van der Waals surface area (Å²) in [7, 11) is 0. The van der Waals surface area contributed by atoms with Crippen LogP contribution in [0.4, 0.5) is 9.18 Å². The van der Waals surface area contributed by atoms with E-state index in [0.717, 1.165) is 33.8 Å². The number of amides is 2. The van der Waals surface area contributed by atoms with Crippen LogP contribution in [0, 0.1) is 5.82 Å². The molecule has 0 spiro atoms. The van der Waals surface area contributed by atoms with Crippen molar-refractivity contribution >= 4 is 33.8 Å². The first-order valence-electron chi connectivity index (χ1n) is 7.93. The Labute approximate surface area is 148 Å². The number of rotatable bonds is 4. The van der Waals surface area contributed by atoms with Gasteiger partial charge in [0.2, 0.25) is 5.91 Å². The molecule has 0 aliphatic carbocycles. The highest BCUT2D eigenvalue weighted by molar-refractivity contribution is 8.15. The number of aromatic nitrogens is 1. The quantitative estimate of drug-likeness (QED) is 0.777. The molecule has 2 amide bonds. The van der Waals surface area contributed by atoms with Crippen LogP contribution in [0.2, 0.25) is 0 Å². The van der Waals surface area contributed by atoms with Gasteiger partial charge in [-0.1, -0.05) is 42.1 Å². The first-order chi connectivity index (χ1) is 12.1. The minimum absolute atomic E-state index is 0.239. The standard InChI is InChI=1S/C19H15FN2O2S/c20-14-5-3-4-12(8-14)10-22-11-13(15-6-1-2-7-16(15)22)9-17-18(23)21-19(24)25-17/h1-8,11,17H,9-10H2,(H,21,23,24). The van der Waals surface area contributed by atoms with Crippen LogP contribution >= 0.6 is 11.8 Å². The van der Waals surface area contributed by atoms with Gasteiger partial charge >= 0.3 is 0 Å². The number of para-hydroxylation sites is 1. The highest BCUT2D eigenvalue weighted by atomic mass is 32.2. The van der Waals surface area contributed by atoms with Crippen molar-refractivity contribution in [3.8, 4) is 0 Å². The Morgan fingerprint density at radius 2 is 1.96 bits per heavy atom. The zero-order valence-corrected chi connectivity index (χ0v) is 14.1. The van der Waals surface area contributed by atoms with Crippen molar-refractivity contribution in [3.05, 3.63) is 71.7 Å². The first kappa shape index (κ1) is 15.9. The molecule has 1 saturated heterocycles. The third-order valence-electron chi connectivity index (χ3n) is 4.29. The fourth-order valence-electron chi connectivity index (χ4n) is 3.18. The van der Waals surface area contributed by atoms with E-state index < -0.39 is 5.25 Å². The molecule has 1 aromatic heterocycles. The van der Waals surface area contributed by atoms with Crippen molar-refractivity contribution in [2.24, 2.45) is 0 Å². The molecule has 2 aromatic carbocycles. The molecule has 6 heteroatoms. The predicted octanol–water partition coefficient (Wildman–Crippen LogP) is 3.72. The normalized spacial score (nSPS) is 17.2. The Balaban J connectivity index is 1.69. The van der Waals surface area contributed by atoms with Gasteiger partial charge in [-0.25, -0.2) is 4.39 Å². The summed E-state index contributed by atoms with van der Waals surface area (Å²) in [5.41, 5.74) is 2.90. The van der Waals surface area contributed by atoms with Crippen molar-refractivity contribution < 1.29 is 14.0 Å². The molecular formula is C19H15FN2O2S. The number of thioether (sulfide) groups is 1. The minimum atomic E-state index is -0.402. The zero-order valence-electron chi connectivity index (χ0n) is 13.2. The van der Waals surface area contributed by atoms with E-state index in [4.69, 9.17) is 0 Å². The van der Waals surface area contributed by atoms with Gasteiger partial charge in [0.1, 0.15) is 5.82 Å². The van der Waals surface area contributed by atoms with E-state index in [9.17, 15) is 14.0 Å². The topological polar surface area (TPSA) is 51.1 Å². The smallest absolute Gasteiger partial charge is 0.286 e. The van der Waals surface area contributed by atoms with Crippen molar-refractivity contribution in [2.75, 3.05) is 0 Å². The average molecular weight is 354 g/mol. The number of carbonyl (C=O) groups excluding carboxylic acids is 2. The molecule has 0 bridgehead atoms. The maximum Gasteiger partial charge on any atom is 0.286 e. The summed E-state index contributed by atoms with van der Waals surface area (Å²) in [6.45, 7) is 0.543. The zero-order chi connectivity index (χ0) is 17.4. The average Bonchev–Trinajstić information content (AvgIpc) is 3.08. The Bertz CT molecular complexity index is 982. The summed E-state index contributed by atoms with van der Waals surface area (Å²) in [5.74, 6) is -0.497. The molecule has 1 fully saturated rings. The van der Waals surface area contributed by atoms with Crippen LogP contribution in [0.1, 0.15) is 11.1 Å². The lowest BCUT2D eigenvalue weighted by atomic mass is 10.1. The molecule has 1 aliphatic heterocycles. The number of benzene rings is 2. The van der Waals surface area contributed by atoms with Crippen LogP contribution in [-0.4, -0.2) is 21.0 Å². The van der Waals surface area contributed by atoms with Gasteiger partial charge in [0.05, 0.1) is 5.25 Å². The molecule has 3 aromatic rings. The lowest BCUT2D eigenvalue weighted by Crippen LogP contribution is -2.25. The van der Waals surface area contributed by atoms with Crippen molar-refractivity contribution in [3.63, 3.8) is 0 Å². The Morgan fingerprint density at radius 3 is 2.72 bits per heavy atom. The van der Waals surface area contributed by atoms with Gasteiger partial charge in [0.15, 0.2) is 0 Å². The molecule has 2 heterocycles. The van der Waals surface area contributed by atoms with E-state index >= 15 is 0 Å². The van der Waals surface area contributed by atoms with E-state index in [1.807, 2.05) is 36.5 Å². The maximum atomic E-state index is 13.5. The van der Waals surface area contributed by atoms with Crippen LogP contribution in [0.3, 0.4) is 0 Å². The maximum absolute atomic E-state index is 13.5. The molecule has 4 rings (SSSR count). The summed E-state index contributed by atoms with van der Waals surface area (Å²) >= 11 is 1.03. The number of hydrogen-bond acceptors (Lipinski definition) is 3. The highest BCUT2D eigenvalue weighted by Crippen LogP contribution is 2.28. The van der Waals surface area contributed by atoms with E-state index in [-0.39, 0.29) is 17.0 Å². The second-order valence-electron chi connectivity index (χ2n) is 6.02. The van der Waals surface area contributed by atoms with Crippen molar-refractivity contribution in [2.45, 2.75) is 18.2 Å². The molecule has 1 aliphatic rings. The summed E-state index contributed by atoms with van der Waals surface area (Å²) < 4.78 is 15.5. The van der Waals surface area contributed by atoms with Gasteiger partial charge < -0.3 is 4.57 Å². The third-order valence-corrected chi connectivity index (χ3v) is 5.27. The van der Waals surface area contributed by atoms with Crippen LogP contribution in [0.15, 0.2) is 54.7 Å². The molecule has 1 N–H and O–H groups in total. The molecule has 126 valence electrons. The van der Waals surface area contributed by atoms with Gasteiger partial charge in [-0.15, -0.1) is 0 Å². The number of hydrogen-bond donors (Lipinski definition) is 1. The lowest BCUT2D eigenvalue weighted by Gasteiger charge is -2.05. The van der Waals surface area contributed by atoms with Crippen LogP contribution in [0.5, 0.6) is 0 Å². The molecule has 25 heavy (non-hydrogen) atoms. The monoisotopic (exact) mass is 354 g/mol. The first-order valence-corrected chi connectivity index (χ1v) is 8.81. The fourth-order valence-corrected chi connectivity index (χ4v) is 4.02. The minimum Gasteiger partial charge on any atom is -0.343 e. The summed E-state index contributed by atoms with van der Waals surface area (Å²) in [5, 5.41) is 2.68. The van der Waals surface area contributed by atoms with Gasteiger partial charge in [-0.05, 0) is 35.7 Å². The van der Waals surface area contributed by atoms with Crippen molar-refractivity contribution in [1.82, 2.24) is 9.88 Å². The largest absolute Gasteiger partial charge is 0.343 e. The fraction of sp³-hybridized carbons (Fsp3) is 0.158. The van der Waals surface area contributed by atoms with Gasteiger partial charge in [0.25, 0.3) is 5.24 Å². The number of carbonyl (C=O) groups is 2. The SMILES string of the molecule is O=C1NC(=O)C(Cc2cn(Cc3cccc(F)c3)c3ccccc23)S1. The Kier molecular flexibility index (Phi) is 4.05. The summed E-state index contributed by atoms with van der Waals surface area (Å²) in [6.07, 6.45) is 2.48. The number of nitrogens with zero attached hydrogens (tertiary/aromatic N) is 1. The summed E-state index contributed by atoms with van der Waals surface area (Å²) in [6, 6.07) is 14.4. The van der Waals surface area contributed by atoms with Crippen LogP contribution in [0.25, 0.3) is 10.9 Å². The van der Waals surface area contributed by atoms with E-state index in [2.05, 4.69) is 9.88 Å². The molecule has 1 unspecified atom stereocenters. The van der Waals surface area contributed by atoms with Crippen molar-refractivity contribution in [1.29, 1.82) is 0 Å². The molecule has 4 nitrogen and oxygen atoms in total. The molecular weight excluding hydrogens is 339 g/mol. The summed E-state index contributed by atoms with van der Waals surface area (Å²) in [4.78, 5) is 23.2. The van der Waals surface area contributed by atoms with E-state index in [1.54, 1.807) is 6.07 Å². The van der Waals surface area contributed by atoms with Gasteiger partial charge in [0, 0.05) is 23.6 Å². The highest BCUT2D eigenvalue weighted by Gasteiger charge is 2.32. The van der Waals surface area contributed by atoms with Gasteiger partial charge in [-0.2, -0.15) is 0 Å². The van der Waals surface area contributed by atoms with Crippen LogP contribution < -0.4 is 5.32 Å². The Hall–Kier alpha value is -2.60. The number of nitrogens with one attached hydrogen (secondary N) is 1. The number of imide groups is 1. The second-order valence-corrected chi connectivity index (χ2v) is 7.19. The van der Waals surface area contributed by atoms with Gasteiger partial charge in [-0.3, -0.25) is 14.9 Å². The third kappa shape index (κ3) is 3.17. The number of halogens is 1. The molecule has 0 saturated carbocycles. The number of fused-ring (bicyclic) bond motifs is 1. The molecule has 1 atom stereocenters. The Morgan fingerprint density at radius 1 is 1.12 bits per heavy atom. The van der Waals surface area contributed by atoms with E-state index in [0.29, 0.717) is 13.0 Å². The second kappa shape index (κ2) is 6.37.